The highest BCUT2D eigenvalue weighted by molar-refractivity contribution is 5.35. The molecule has 3 rings (SSSR count). The molecule has 1 N–H and O–H groups in total. The van der Waals surface area contributed by atoms with E-state index in [2.05, 4.69) is 10.4 Å². The third kappa shape index (κ3) is 2.24. The highest BCUT2D eigenvalue weighted by Crippen LogP contribution is 2.25. The van der Waals surface area contributed by atoms with E-state index in [0.29, 0.717) is 6.17 Å². The Morgan fingerprint density at radius 1 is 1.39 bits per heavy atom. The van der Waals surface area contributed by atoms with Crippen LogP contribution in [0, 0.1) is 6.92 Å². The van der Waals surface area contributed by atoms with E-state index in [0.717, 1.165) is 30.0 Å². The third-order valence-corrected chi connectivity index (χ3v) is 3.25. The lowest BCUT2D eigenvalue weighted by atomic mass is 10.2. The SMILES string of the molecule is Cc1ccccc1Oc1cnn(C2CCCN2)c1. The molecule has 0 bridgehead atoms. The van der Waals surface area contributed by atoms with Crippen LogP contribution in [0.3, 0.4) is 0 Å². The molecule has 0 radical (unpaired) electrons. The van der Waals surface area contributed by atoms with Gasteiger partial charge in [0.05, 0.1) is 12.4 Å². The average molecular weight is 243 g/mol. The topological polar surface area (TPSA) is 39.1 Å². The zero-order valence-electron chi connectivity index (χ0n) is 10.5. The first-order valence-corrected chi connectivity index (χ1v) is 6.34. The van der Waals surface area contributed by atoms with E-state index in [9.17, 15) is 0 Å². The van der Waals surface area contributed by atoms with Crippen molar-refractivity contribution >= 4 is 0 Å². The molecule has 0 saturated carbocycles. The average Bonchev–Trinajstić information content (AvgIpc) is 3.02. The number of aryl methyl sites for hydroxylation is 1. The number of hydrogen-bond acceptors (Lipinski definition) is 3. The first-order valence-electron chi connectivity index (χ1n) is 6.34. The highest BCUT2D eigenvalue weighted by atomic mass is 16.5. The normalized spacial score (nSPS) is 19.1. The summed E-state index contributed by atoms with van der Waals surface area (Å²) in [7, 11) is 0. The van der Waals surface area contributed by atoms with Crippen LogP contribution in [0.15, 0.2) is 36.7 Å². The van der Waals surface area contributed by atoms with Crippen LogP contribution in [0.5, 0.6) is 11.5 Å². The summed E-state index contributed by atoms with van der Waals surface area (Å²) in [6.45, 7) is 3.11. The van der Waals surface area contributed by atoms with Gasteiger partial charge in [0, 0.05) is 0 Å². The fraction of sp³-hybridized carbons (Fsp3) is 0.357. The number of nitrogens with zero attached hydrogens (tertiary/aromatic N) is 2. The predicted molar refractivity (Wildman–Crippen MR) is 69.8 cm³/mol. The lowest BCUT2D eigenvalue weighted by Crippen LogP contribution is -2.19. The molecule has 1 aromatic heterocycles. The molecule has 1 aliphatic rings. The Morgan fingerprint density at radius 2 is 2.28 bits per heavy atom. The van der Waals surface area contributed by atoms with Crippen molar-refractivity contribution in [3.05, 3.63) is 42.2 Å². The smallest absolute Gasteiger partial charge is 0.165 e. The number of aromatic nitrogens is 2. The van der Waals surface area contributed by atoms with Crippen molar-refractivity contribution in [1.29, 1.82) is 0 Å². The molecular formula is C14H17N3O. The van der Waals surface area contributed by atoms with Crippen LogP contribution in [-0.4, -0.2) is 16.3 Å². The van der Waals surface area contributed by atoms with Gasteiger partial charge >= 0.3 is 0 Å². The molecule has 4 nitrogen and oxygen atoms in total. The Morgan fingerprint density at radius 3 is 3.06 bits per heavy atom. The summed E-state index contributed by atoms with van der Waals surface area (Å²) >= 11 is 0. The van der Waals surface area contributed by atoms with Crippen molar-refractivity contribution in [2.24, 2.45) is 0 Å². The first-order chi connectivity index (χ1) is 8.83. The van der Waals surface area contributed by atoms with Crippen LogP contribution in [0.1, 0.15) is 24.6 Å². The molecule has 1 aromatic carbocycles. The minimum Gasteiger partial charge on any atom is -0.454 e. The molecule has 94 valence electrons. The van der Waals surface area contributed by atoms with E-state index in [-0.39, 0.29) is 0 Å². The molecule has 2 heterocycles. The fourth-order valence-corrected chi connectivity index (χ4v) is 2.23. The van der Waals surface area contributed by atoms with Crippen LogP contribution in [0.2, 0.25) is 0 Å². The van der Waals surface area contributed by atoms with Gasteiger partial charge in [0.25, 0.3) is 0 Å². The van der Waals surface area contributed by atoms with Gasteiger partial charge in [0.2, 0.25) is 0 Å². The van der Waals surface area contributed by atoms with E-state index < -0.39 is 0 Å². The van der Waals surface area contributed by atoms with Gasteiger partial charge in [-0.25, -0.2) is 0 Å². The summed E-state index contributed by atoms with van der Waals surface area (Å²) < 4.78 is 7.78. The number of rotatable bonds is 3. The molecule has 0 aliphatic carbocycles. The molecule has 0 amide bonds. The van der Waals surface area contributed by atoms with Crippen molar-refractivity contribution < 1.29 is 4.74 Å². The standard InChI is InChI=1S/C14H17N3O/c1-11-5-2-3-6-13(11)18-12-9-16-17(10-12)14-7-4-8-15-14/h2-3,5-6,9-10,14-15H,4,7-8H2,1H3. The van der Waals surface area contributed by atoms with Crippen LogP contribution in [0.4, 0.5) is 0 Å². The minimum absolute atomic E-state index is 0.319. The second-order valence-corrected chi connectivity index (χ2v) is 4.64. The van der Waals surface area contributed by atoms with Crippen LogP contribution < -0.4 is 10.1 Å². The molecule has 4 heteroatoms. The Bertz CT molecular complexity index is 529. The summed E-state index contributed by atoms with van der Waals surface area (Å²) in [5.41, 5.74) is 1.13. The van der Waals surface area contributed by atoms with Crippen molar-refractivity contribution in [3.63, 3.8) is 0 Å². The van der Waals surface area contributed by atoms with E-state index in [1.807, 2.05) is 42.1 Å². The van der Waals surface area contributed by atoms with Crippen molar-refractivity contribution in [3.8, 4) is 11.5 Å². The monoisotopic (exact) mass is 243 g/mol. The van der Waals surface area contributed by atoms with Crippen LogP contribution in [0.25, 0.3) is 0 Å². The Hall–Kier alpha value is -1.81. The Labute approximate surface area is 107 Å². The van der Waals surface area contributed by atoms with Gasteiger partial charge in [0.15, 0.2) is 5.75 Å². The van der Waals surface area contributed by atoms with Gasteiger partial charge in [-0.1, -0.05) is 18.2 Å². The van der Waals surface area contributed by atoms with Crippen LogP contribution in [-0.2, 0) is 0 Å². The van der Waals surface area contributed by atoms with Gasteiger partial charge < -0.3 is 4.74 Å². The van der Waals surface area contributed by atoms with Gasteiger partial charge in [-0.2, -0.15) is 5.10 Å². The Kier molecular flexibility index (Phi) is 3.02. The molecule has 2 aromatic rings. The molecule has 1 atom stereocenters. The first kappa shape index (κ1) is 11.3. The maximum Gasteiger partial charge on any atom is 0.165 e. The number of ether oxygens (including phenoxy) is 1. The fourth-order valence-electron chi connectivity index (χ4n) is 2.23. The largest absolute Gasteiger partial charge is 0.454 e. The van der Waals surface area contributed by atoms with Gasteiger partial charge in [0.1, 0.15) is 11.9 Å². The summed E-state index contributed by atoms with van der Waals surface area (Å²) in [6, 6.07) is 8.00. The summed E-state index contributed by atoms with van der Waals surface area (Å²) in [6.07, 6.45) is 6.38. The lowest BCUT2D eigenvalue weighted by Gasteiger charge is -2.09. The van der Waals surface area contributed by atoms with E-state index in [1.165, 1.54) is 6.42 Å². The maximum absolute atomic E-state index is 5.84. The number of hydrogen-bond donors (Lipinski definition) is 1. The molecule has 1 aliphatic heterocycles. The summed E-state index contributed by atoms with van der Waals surface area (Å²) in [4.78, 5) is 0. The number of benzene rings is 1. The Balaban J connectivity index is 1.75. The van der Waals surface area contributed by atoms with E-state index >= 15 is 0 Å². The predicted octanol–water partition coefficient (Wildman–Crippen LogP) is 2.87. The quantitative estimate of drug-likeness (QED) is 0.901. The number of nitrogens with one attached hydrogen (secondary N) is 1. The van der Waals surface area contributed by atoms with Gasteiger partial charge in [-0.05, 0) is 37.9 Å². The van der Waals surface area contributed by atoms with Gasteiger partial charge in [-0.3, -0.25) is 10.00 Å². The zero-order valence-corrected chi connectivity index (χ0v) is 10.5. The van der Waals surface area contributed by atoms with E-state index in [4.69, 9.17) is 4.74 Å². The minimum atomic E-state index is 0.319. The summed E-state index contributed by atoms with van der Waals surface area (Å²) in [5.74, 6) is 1.68. The molecule has 1 fully saturated rings. The number of para-hydroxylation sites is 1. The van der Waals surface area contributed by atoms with Crippen molar-refractivity contribution in [1.82, 2.24) is 15.1 Å². The van der Waals surface area contributed by atoms with Crippen molar-refractivity contribution in [2.75, 3.05) is 6.54 Å². The van der Waals surface area contributed by atoms with Crippen LogP contribution >= 0.6 is 0 Å². The van der Waals surface area contributed by atoms with E-state index in [1.54, 1.807) is 6.20 Å². The third-order valence-electron chi connectivity index (χ3n) is 3.25. The molecule has 1 saturated heterocycles. The second-order valence-electron chi connectivity index (χ2n) is 4.64. The molecule has 0 spiro atoms. The highest BCUT2D eigenvalue weighted by Gasteiger charge is 2.16. The second kappa shape index (κ2) is 4.82. The molecular weight excluding hydrogens is 226 g/mol. The zero-order chi connectivity index (χ0) is 12.4. The summed E-state index contributed by atoms with van der Waals surface area (Å²) in [5, 5.41) is 7.76. The molecule has 1 unspecified atom stereocenters. The maximum atomic E-state index is 5.84. The van der Waals surface area contributed by atoms with Gasteiger partial charge in [-0.15, -0.1) is 0 Å². The molecule has 18 heavy (non-hydrogen) atoms. The van der Waals surface area contributed by atoms with Crippen molar-refractivity contribution in [2.45, 2.75) is 25.9 Å². The lowest BCUT2D eigenvalue weighted by molar-refractivity contribution is 0.420.